The van der Waals surface area contributed by atoms with Gasteiger partial charge in [-0.05, 0) is 80.1 Å². The van der Waals surface area contributed by atoms with Gasteiger partial charge in [0.15, 0.2) is 0 Å². The highest BCUT2D eigenvalue weighted by Gasteiger charge is 2.35. The number of carboxylic acids is 1. The van der Waals surface area contributed by atoms with Crippen LogP contribution in [0.5, 0.6) is 5.75 Å². The summed E-state index contributed by atoms with van der Waals surface area (Å²) >= 11 is 12.5. The molecule has 4 rings (SSSR count). The molecule has 2 fully saturated rings. The van der Waals surface area contributed by atoms with E-state index in [4.69, 9.17) is 32.7 Å². The molecule has 0 spiro atoms. The lowest BCUT2D eigenvalue weighted by Gasteiger charge is -2.42. The van der Waals surface area contributed by atoms with Crippen LogP contribution in [0.4, 0.5) is 4.39 Å². The topological polar surface area (TPSA) is 59.0 Å². The molecule has 1 saturated heterocycles. The molecule has 1 unspecified atom stereocenters. The first kappa shape index (κ1) is 25.2. The van der Waals surface area contributed by atoms with E-state index in [0.717, 1.165) is 49.9 Å². The third kappa shape index (κ3) is 5.85. The van der Waals surface area contributed by atoms with Gasteiger partial charge in [-0.1, -0.05) is 30.1 Å². The van der Waals surface area contributed by atoms with Crippen molar-refractivity contribution >= 4 is 29.2 Å². The van der Waals surface area contributed by atoms with E-state index >= 15 is 0 Å². The van der Waals surface area contributed by atoms with Crippen LogP contribution in [0.25, 0.3) is 0 Å². The smallest absolute Gasteiger partial charge is 0.338 e. The molecule has 2 aromatic carbocycles. The third-order valence-corrected chi connectivity index (χ3v) is 7.40. The molecule has 0 radical (unpaired) electrons. The Hall–Kier alpha value is -1.86. The summed E-state index contributed by atoms with van der Waals surface area (Å²) in [5, 5.41) is 10.5. The van der Waals surface area contributed by atoms with Crippen LogP contribution in [0.2, 0.25) is 10.0 Å². The van der Waals surface area contributed by atoms with Gasteiger partial charge in [-0.25, -0.2) is 9.18 Å². The summed E-state index contributed by atoms with van der Waals surface area (Å²) in [5.74, 6) is -1.28. The molecule has 0 bridgehead atoms. The first-order chi connectivity index (χ1) is 16.2. The Balaban J connectivity index is 1.43. The summed E-state index contributed by atoms with van der Waals surface area (Å²) in [5.41, 5.74) is 1.46. The summed E-state index contributed by atoms with van der Waals surface area (Å²) in [7, 11) is 1.69. The largest absolute Gasteiger partial charge is 0.493 e. The van der Waals surface area contributed by atoms with Gasteiger partial charge in [-0.2, -0.15) is 0 Å². The fourth-order valence-electron chi connectivity index (χ4n) is 4.68. The molecule has 0 aromatic heterocycles. The fourth-order valence-corrected chi connectivity index (χ4v) is 5.23. The van der Waals surface area contributed by atoms with Gasteiger partial charge in [0.25, 0.3) is 0 Å². The van der Waals surface area contributed by atoms with E-state index < -0.39 is 11.8 Å². The lowest BCUT2D eigenvalue weighted by molar-refractivity contribution is 0.0216. The van der Waals surface area contributed by atoms with Crippen molar-refractivity contribution in [1.82, 2.24) is 4.90 Å². The van der Waals surface area contributed by atoms with E-state index in [2.05, 4.69) is 11.8 Å². The zero-order valence-electron chi connectivity index (χ0n) is 19.5. The maximum absolute atomic E-state index is 14.4. The fraction of sp³-hybridized carbons (Fsp3) is 0.500. The van der Waals surface area contributed by atoms with Crippen molar-refractivity contribution < 1.29 is 23.8 Å². The number of rotatable bonds is 9. The molecule has 1 aliphatic carbocycles. The average Bonchev–Trinajstić information content (AvgIpc) is 3.61. The number of hydrogen-bond acceptors (Lipinski definition) is 4. The number of carboxylic acid groups (broad SMARTS) is 1. The van der Waals surface area contributed by atoms with Crippen LogP contribution in [0.3, 0.4) is 0 Å². The molecule has 1 atom stereocenters. The Bertz CT molecular complexity index is 1030. The van der Waals surface area contributed by atoms with Crippen LogP contribution in [-0.4, -0.2) is 49.4 Å². The van der Waals surface area contributed by atoms with Crippen LogP contribution in [-0.2, 0) is 4.74 Å². The summed E-state index contributed by atoms with van der Waals surface area (Å²) in [4.78, 5) is 13.7. The van der Waals surface area contributed by atoms with Crippen LogP contribution in [0, 0.1) is 11.2 Å². The van der Waals surface area contributed by atoms with Crippen molar-refractivity contribution in [3.8, 4) is 5.75 Å². The van der Waals surface area contributed by atoms with Crippen molar-refractivity contribution in [2.45, 2.75) is 44.6 Å². The minimum Gasteiger partial charge on any atom is -0.493 e. The van der Waals surface area contributed by atoms with E-state index in [1.165, 1.54) is 12.1 Å². The van der Waals surface area contributed by atoms with Crippen molar-refractivity contribution in [2.75, 3.05) is 33.4 Å². The number of halogens is 3. The minimum absolute atomic E-state index is 0.0470. The zero-order valence-corrected chi connectivity index (χ0v) is 21.0. The molecule has 34 heavy (non-hydrogen) atoms. The molecule has 1 aliphatic heterocycles. The van der Waals surface area contributed by atoms with Crippen LogP contribution in [0.1, 0.15) is 66.1 Å². The molecule has 5 nitrogen and oxygen atoms in total. The minimum atomic E-state index is -1.25. The van der Waals surface area contributed by atoms with Crippen LogP contribution in [0.15, 0.2) is 30.3 Å². The van der Waals surface area contributed by atoms with Gasteiger partial charge in [-0.15, -0.1) is 0 Å². The van der Waals surface area contributed by atoms with E-state index in [0.29, 0.717) is 29.0 Å². The van der Waals surface area contributed by atoms with Crippen molar-refractivity contribution in [3.63, 3.8) is 0 Å². The SMILES string of the molecule is COCC(c1cc(Cl)cc(Cl)c1)N1CCC(C)(COc2cc(F)c(C(=O)O)cc2C2CC2)CC1. The Morgan fingerprint density at radius 2 is 1.82 bits per heavy atom. The monoisotopic (exact) mass is 509 g/mol. The quantitative estimate of drug-likeness (QED) is 0.413. The highest BCUT2D eigenvalue weighted by atomic mass is 35.5. The van der Waals surface area contributed by atoms with E-state index in [9.17, 15) is 14.3 Å². The summed E-state index contributed by atoms with van der Waals surface area (Å²) in [6.07, 6.45) is 3.75. The average molecular weight is 510 g/mol. The second-order valence-corrected chi connectivity index (χ2v) is 10.6. The van der Waals surface area contributed by atoms with E-state index in [-0.39, 0.29) is 22.9 Å². The van der Waals surface area contributed by atoms with Crippen LogP contribution >= 0.6 is 23.2 Å². The van der Waals surface area contributed by atoms with Gasteiger partial charge in [0, 0.05) is 28.6 Å². The number of nitrogens with zero attached hydrogens (tertiary/aromatic N) is 1. The predicted molar refractivity (Wildman–Crippen MR) is 131 cm³/mol. The molecule has 1 saturated carbocycles. The molecular weight excluding hydrogens is 480 g/mol. The second-order valence-electron chi connectivity index (χ2n) is 9.76. The molecule has 2 aliphatic rings. The second kappa shape index (κ2) is 10.4. The molecule has 184 valence electrons. The zero-order chi connectivity index (χ0) is 24.5. The highest BCUT2D eigenvalue weighted by Crippen LogP contribution is 2.46. The first-order valence-electron chi connectivity index (χ1n) is 11.6. The maximum atomic E-state index is 14.4. The normalized spacial score (nSPS) is 19.1. The molecular formula is C26H30Cl2FNO4. The Morgan fingerprint density at radius 1 is 1.18 bits per heavy atom. The molecule has 8 heteroatoms. The lowest BCUT2D eigenvalue weighted by atomic mass is 9.80. The number of hydrogen-bond donors (Lipinski definition) is 1. The number of ether oxygens (including phenoxy) is 2. The van der Waals surface area contributed by atoms with Gasteiger partial charge in [0.2, 0.25) is 0 Å². The van der Waals surface area contributed by atoms with Crippen molar-refractivity contribution in [3.05, 3.63) is 62.9 Å². The van der Waals surface area contributed by atoms with Crippen molar-refractivity contribution in [1.29, 1.82) is 0 Å². The summed E-state index contributed by atoms with van der Waals surface area (Å²) in [6.45, 7) is 4.86. The van der Waals surface area contributed by atoms with Crippen molar-refractivity contribution in [2.24, 2.45) is 5.41 Å². The summed E-state index contributed by atoms with van der Waals surface area (Å²) in [6, 6.07) is 8.33. The number of carbonyl (C=O) groups is 1. The predicted octanol–water partition coefficient (Wildman–Crippen LogP) is 6.58. The number of piperidine rings is 1. The van der Waals surface area contributed by atoms with E-state index in [1.54, 1.807) is 13.2 Å². The standard InChI is InChI=1S/C26H30Cl2FNO4/c1-26(15-34-24-13-22(29)21(25(31)32)12-20(24)16-3-4-16)5-7-30(8-6-26)23(14-33-2)17-9-18(27)11-19(28)10-17/h9-13,16,23H,3-8,14-15H2,1-2H3,(H,31,32). The van der Waals surface area contributed by atoms with Crippen LogP contribution < -0.4 is 4.74 Å². The highest BCUT2D eigenvalue weighted by molar-refractivity contribution is 6.34. The Kier molecular flexibility index (Phi) is 7.72. The Labute approximate surface area is 209 Å². The number of benzene rings is 2. The first-order valence-corrected chi connectivity index (χ1v) is 12.3. The summed E-state index contributed by atoms with van der Waals surface area (Å²) < 4.78 is 26.0. The molecule has 1 N–H and O–H groups in total. The molecule has 2 aromatic rings. The third-order valence-electron chi connectivity index (χ3n) is 6.96. The van der Waals surface area contributed by atoms with Gasteiger partial charge >= 0.3 is 5.97 Å². The Morgan fingerprint density at radius 3 is 2.38 bits per heavy atom. The van der Waals surface area contributed by atoms with Gasteiger partial charge in [0.1, 0.15) is 11.6 Å². The van der Waals surface area contributed by atoms with Gasteiger partial charge in [0.05, 0.1) is 24.8 Å². The molecule has 0 amide bonds. The maximum Gasteiger partial charge on any atom is 0.338 e. The van der Waals surface area contributed by atoms with Gasteiger partial charge < -0.3 is 14.6 Å². The van der Waals surface area contributed by atoms with Gasteiger partial charge in [-0.3, -0.25) is 4.90 Å². The van der Waals surface area contributed by atoms with E-state index in [1.807, 2.05) is 12.1 Å². The lowest BCUT2D eigenvalue weighted by Crippen LogP contribution is -2.44. The number of aromatic carboxylic acids is 1. The number of methoxy groups -OCH3 is 1. The molecule has 1 heterocycles. The number of likely N-dealkylation sites (tertiary alicyclic amines) is 1.